The predicted octanol–water partition coefficient (Wildman–Crippen LogP) is -0.224. The summed E-state index contributed by atoms with van der Waals surface area (Å²) < 4.78 is 0. The van der Waals surface area contributed by atoms with Gasteiger partial charge in [0.15, 0.2) is 0 Å². The molecule has 0 aromatic heterocycles. The summed E-state index contributed by atoms with van der Waals surface area (Å²) in [4.78, 5) is 15.0. The number of hydrogen-bond donors (Lipinski definition) is 1. The van der Waals surface area contributed by atoms with Gasteiger partial charge >= 0.3 is 0 Å². The number of amides is 1. The molecule has 0 heterocycles. The first-order valence-electron chi connectivity index (χ1n) is 3.01. The quantitative estimate of drug-likeness (QED) is 0.451. The van der Waals surface area contributed by atoms with E-state index in [4.69, 9.17) is 11.0 Å². The van der Waals surface area contributed by atoms with Crippen molar-refractivity contribution in [3.05, 3.63) is 0 Å². The van der Waals surface area contributed by atoms with Crippen LogP contribution in [0.5, 0.6) is 0 Å². The predicted molar refractivity (Wildman–Crippen MR) is 38.5 cm³/mol. The van der Waals surface area contributed by atoms with Crippen LogP contribution in [0, 0.1) is 11.3 Å². The van der Waals surface area contributed by atoms with Crippen molar-refractivity contribution in [2.24, 2.45) is 10.9 Å². The number of nitrogens with two attached hydrogens (primary N) is 1. The zero-order valence-corrected chi connectivity index (χ0v) is 6.37. The summed E-state index contributed by atoms with van der Waals surface area (Å²) in [6, 6.07) is 1.51. The fourth-order valence-corrected chi connectivity index (χ4v) is 0.279. The van der Waals surface area contributed by atoms with Gasteiger partial charge in [0.2, 0.25) is 5.71 Å². The molecular formula is C6H9N3O2. The fourth-order valence-electron chi connectivity index (χ4n) is 0.279. The summed E-state index contributed by atoms with van der Waals surface area (Å²) in [5, 5.41) is 11.5. The van der Waals surface area contributed by atoms with Gasteiger partial charge in [-0.25, -0.2) is 0 Å². The highest BCUT2D eigenvalue weighted by Gasteiger charge is 2.05. The summed E-state index contributed by atoms with van der Waals surface area (Å²) in [5.74, 6) is -0.881. The maximum atomic E-state index is 10.3. The lowest BCUT2D eigenvalue weighted by molar-refractivity contribution is -0.112. The molecule has 0 fully saturated rings. The van der Waals surface area contributed by atoms with Gasteiger partial charge in [-0.05, 0) is 13.8 Å². The van der Waals surface area contributed by atoms with Crippen LogP contribution in [0.25, 0.3) is 0 Å². The van der Waals surface area contributed by atoms with Crippen LogP contribution in [0.3, 0.4) is 0 Å². The van der Waals surface area contributed by atoms with Crippen LogP contribution in [0.1, 0.15) is 13.8 Å². The molecule has 11 heavy (non-hydrogen) atoms. The highest BCUT2D eigenvalue weighted by molar-refractivity contribution is 6.44. The van der Waals surface area contributed by atoms with E-state index in [0.717, 1.165) is 0 Å². The molecule has 0 spiro atoms. The summed E-state index contributed by atoms with van der Waals surface area (Å²) in [5.41, 5.74) is 4.34. The smallest absolute Gasteiger partial charge is 0.281 e. The topological polar surface area (TPSA) is 88.5 Å². The van der Waals surface area contributed by atoms with Gasteiger partial charge < -0.3 is 10.6 Å². The molecule has 0 aromatic rings. The number of primary amides is 1. The van der Waals surface area contributed by atoms with E-state index in [2.05, 4.69) is 9.99 Å². The molecule has 60 valence electrons. The van der Waals surface area contributed by atoms with Crippen LogP contribution in [-0.4, -0.2) is 17.7 Å². The Balaban J connectivity index is 4.17. The number of oxime groups is 1. The molecule has 0 aliphatic rings. The van der Waals surface area contributed by atoms with Crippen molar-refractivity contribution in [1.29, 1.82) is 5.26 Å². The van der Waals surface area contributed by atoms with E-state index < -0.39 is 11.6 Å². The Kier molecular flexibility index (Phi) is 3.67. The maximum absolute atomic E-state index is 10.3. The number of nitrogens with zero attached hydrogens (tertiary/aromatic N) is 2. The second-order valence-electron chi connectivity index (χ2n) is 2.07. The molecule has 0 aliphatic carbocycles. The summed E-state index contributed by atoms with van der Waals surface area (Å²) in [7, 11) is 0. The molecule has 0 bridgehead atoms. The van der Waals surface area contributed by atoms with Crippen LogP contribution in [-0.2, 0) is 9.63 Å². The first kappa shape index (κ1) is 9.43. The van der Waals surface area contributed by atoms with Crippen LogP contribution in [0.15, 0.2) is 5.16 Å². The molecule has 0 aromatic carbocycles. The lowest BCUT2D eigenvalue weighted by atomic mass is 10.4. The highest BCUT2D eigenvalue weighted by Crippen LogP contribution is 1.88. The molecule has 0 radical (unpaired) electrons. The summed E-state index contributed by atoms with van der Waals surface area (Å²) in [6.07, 6.45) is -0.169. The molecule has 5 heteroatoms. The number of carbonyl (C=O) groups is 1. The Hall–Kier alpha value is -1.57. The van der Waals surface area contributed by atoms with Gasteiger partial charge in [0.25, 0.3) is 5.91 Å². The molecule has 2 N–H and O–H groups in total. The van der Waals surface area contributed by atoms with Gasteiger partial charge in [0.1, 0.15) is 12.2 Å². The lowest BCUT2D eigenvalue weighted by Crippen LogP contribution is -2.22. The fraction of sp³-hybridized carbons (Fsp3) is 0.500. The van der Waals surface area contributed by atoms with E-state index in [0.29, 0.717) is 0 Å². The third kappa shape index (κ3) is 3.92. The van der Waals surface area contributed by atoms with Gasteiger partial charge in [-0.15, -0.1) is 0 Å². The zero-order valence-electron chi connectivity index (χ0n) is 6.37. The van der Waals surface area contributed by atoms with Gasteiger partial charge in [0.05, 0.1) is 0 Å². The summed E-state index contributed by atoms with van der Waals surface area (Å²) in [6.45, 7) is 3.44. The Bertz CT molecular complexity index is 214. The Morgan fingerprint density at radius 2 is 2.27 bits per heavy atom. The van der Waals surface area contributed by atoms with Crippen LogP contribution in [0.4, 0.5) is 0 Å². The van der Waals surface area contributed by atoms with Gasteiger partial charge in [0, 0.05) is 0 Å². The van der Waals surface area contributed by atoms with Crippen LogP contribution in [0.2, 0.25) is 0 Å². The molecule has 0 atom stereocenters. The van der Waals surface area contributed by atoms with Gasteiger partial charge in [-0.1, -0.05) is 5.16 Å². The van der Waals surface area contributed by atoms with Gasteiger partial charge in [-0.3, -0.25) is 4.79 Å². The van der Waals surface area contributed by atoms with Gasteiger partial charge in [-0.2, -0.15) is 5.26 Å². The standard InChI is InChI=1S/C6H9N3O2/c1-4(2)11-9-5(3-7)6(8)10/h4H,1-2H3,(H2,8,10). The molecule has 0 rings (SSSR count). The minimum atomic E-state index is -0.881. The van der Waals surface area contributed by atoms with Crippen LogP contribution < -0.4 is 5.73 Å². The first-order chi connectivity index (χ1) is 5.07. The Morgan fingerprint density at radius 1 is 1.73 bits per heavy atom. The maximum Gasteiger partial charge on any atom is 0.281 e. The molecule has 0 aliphatic heterocycles. The van der Waals surface area contributed by atoms with Crippen molar-refractivity contribution >= 4 is 11.6 Å². The van der Waals surface area contributed by atoms with E-state index >= 15 is 0 Å². The molecule has 5 nitrogen and oxygen atoms in total. The van der Waals surface area contributed by atoms with E-state index in [1.165, 1.54) is 6.07 Å². The molecule has 0 saturated heterocycles. The second-order valence-corrected chi connectivity index (χ2v) is 2.07. The third-order valence-electron chi connectivity index (χ3n) is 0.694. The molecule has 0 unspecified atom stereocenters. The number of hydrogen-bond acceptors (Lipinski definition) is 4. The largest absolute Gasteiger partial charge is 0.392 e. The van der Waals surface area contributed by atoms with Crippen molar-refractivity contribution in [2.75, 3.05) is 0 Å². The lowest BCUT2D eigenvalue weighted by Gasteiger charge is -2.00. The minimum absolute atomic E-state index is 0.169. The first-order valence-corrected chi connectivity index (χ1v) is 3.01. The average Bonchev–Trinajstić information content (AvgIpc) is 1.87. The molecular weight excluding hydrogens is 146 g/mol. The highest BCUT2D eigenvalue weighted by atomic mass is 16.6. The van der Waals surface area contributed by atoms with Crippen LogP contribution >= 0.6 is 0 Å². The zero-order chi connectivity index (χ0) is 8.85. The number of rotatable bonds is 3. The third-order valence-corrected chi connectivity index (χ3v) is 0.694. The number of carbonyl (C=O) groups excluding carboxylic acids is 1. The average molecular weight is 155 g/mol. The molecule has 1 amide bonds. The minimum Gasteiger partial charge on any atom is -0.392 e. The van der Waals surface area contributed by atoms with E-state index in [9.17, 15) is 4.79 Å². The van der Waals surface area contributed by atoms with Crippen molar-refractivity contribution in [1.82, 2.24) is 0 Å². The van der Waals surface area contributed by atoms with E-state index in [-0.39, 0.29) is 6.10 Å². The second kappa shape index (κ2) is 4.28. The van der Waals surface area contributed by atoms with Crippen molar-refractivity contribution in [3.63, 3.8) is 0 Å². The Labute approximate surface area is 64.4 Å². The van der Waals surface area contributed by atoms with Crippen molar-refractivity contribution < 1.29 is 9.63 Å². The Morgan fingerprint density at radius 3 is 2.55 bits per heavy atom. The SMILES string of the molecule is CC(C)ON=C(C#N)C(N)=O. The summed E-state index contributed by atoms with van der Waals surface area (Å²) >= 11 is 0. The number of nitriles is 1. The van der Waals surface area contributed by atoms with E-state index in [1.807, 2.05) is 0 Å². The van der Waals surface area contributed by atoms with E-state index in [1.54, 1.807) is 13.8 Å². The van der Waals surface area contributed by atoms with Crippen molar-refractivity contribution in [2.45, 2.75) is 20.0 Å². The monoisotopic (exact) mass is 155 g/mol. The molecule has 0 saturated carbocycles. The van der Waals surface area contributed by atoms with Crippen molar-refractivity contribution in [3.8, 4) is 6.07 Å². The normalized spacial score (nSPS) is 10.9.